The van der Waals surface area contributed by atoms with Crippen LogP contribution in [-0.2, 0) is 0 Å². The summed E-state index contributed by atoms with van der Waals surface area (Å²) < 4.78 is 5.75. The predicted octanol–water partition coefficient (Wildman–Crippen LogP) is 5.54. The van der Waals surface area contributed by atoms with Gasteiger partial charge in [0.2, 0.25) is 5.95 Å². The van der Waals surface area contributed by atoms with Gasteiger partial charge in [0.05, 0.1) is 23.1 Å². The Kier molecular flexibility index (Phi) is 6.18. The first-order chi connectivity index (χ1) is 19.3. The molecule has 5 aliphatic rings. The van der Waals surface area contributed by atoms with E-state index in [0.29, 0.717) is 36.8 Å². The van der Waals surface area contributed by atoms with Crippen LogP contribution < -0.4 is 19.9 Å². The van der Waals surface area contributed by atoms with E-state index in [0.717, 1.165) is 60.4 Å². The van der Waals surface area contributed by atoms with Gasteiger partial charge >= 0.3 is 6.03 Å². The minimum absolute atomic E-state index is 0.0438. The number of ether oxygens (including phenoxy) is 1. The number of amides is 2. The lowest BCUT2D eigenvalue weighted by atomic mass is 9.52. The number of benzene rings is 2. The number of carbonyl (C=O) groups is 1. The van der Waals surface area contributed by atoms with Gasteiger partial charge in [-0.25, -0.2) is 14.8 Å². The van der Waals surface area contributed by atoms with Crippen LogP contribution in [0.3, 0.4) is 0 Å². The highest BCUT2D eigenvalue weighted by molar-refractivity contribution is 5.97. The topological polar surface area (TPSA) is 90.8 Å². The van der Waals surface area contributed by atoms with Crippen molar-refractivity contribution < 1.29 is 14.6 Å². The molecule has 2 unspecified atom stereocenters. The lowest BCUT2D eigenvalue weighted by Gasteiger charge is -2.58. The quantitative estimate of drug-likeness (QED) is 0.443. The Hall–Kier alpha value is -3.65. The average Bonchev–Trinajstić information content (AvgIpc) is 2.94. The molecule has 0 radical (unpaired) electrons. The van der Waals surface area contributed by atoms with E-state index >= 15 is 0 Å². The molecule has 8 nitrogen and oxygen atoms in total. The fourth-order valence-corrected chi connectivity index (χ4v) is 7.83. The Balaban J connectivity index is 1.07. The summed E-state index contributed by atoms with van der Waals surface area (Å²) in [6, 6.07) is 16.1. The lowest BCUT2D eigenvalue weighted by Crippen LogP contribution is -2.63. The second kappa shape index (κ2) is 9.77. The zero-order valence-electron chi connectivity index (χ0n) is 23.2. The van der Waals surface area contributed by atoms with Crippen molar-refractivity contribution in [2.45, 2.75) is 63.7 Å². The summed E-state index contributed by atoms with van der Waals surface area (Å²) in [5.74, 6) is 2.83. The molecule has 1 aromatic heterocycles. The Labute approximate surface area is 235 Å². The van der Waals surface area contributed by atoms with E-state index in [2.05, 4.69) is 10.2 Å². The third-order valence-corrected chi connectivity index (χ3v) is 9.23. The number of hydrogen-bond acceptors (Lipinski definition) is 6. The molecular weight excluding hydrogens is 502 g/mol. The largest absolute Gasteiger partial charge is 0.491 e. The summed E-state index contributed by atoms with van der Waals surface area (Å²) in [5, 5.41) is 14.3. The van der Waals surface area contributed by atoms with Gasteiger partial charge in [-0.05, 0) is 93.5 Å². The van der Waals surface area contributed by atoms with Crippen molar-refractivity contribution in [1.82, 2.24) is 15.3 Å². The van der Waals surface area contributed by atoms with E-state index in [1.54, 1.807) is 0 Å². The number of hydrogen-bond donors (Lipinski definition) is 2. The standard InChI is InChI=1S/C32H37N5O3/c1-20(2)40-26-9-7-22(8-10-26)25-18-33-30(34-19-25)36-11-12-37(28-6-4-3-5-27(28)36)31(38)35-29-23-13-21-14-24(29)17-32(39,15-21)16-23/h3-10,18-21,23-24,29,39H,11-17H2,1-2H3,(H,35,38). The van der Waals surface area contributed by atoms with Crippen molar-refractivity contribution in [2.24, 2.45) is 17.8 Å². The fourth-order valence-electron chi connectivity index (χ4n) is 7.83. The van der Waals surface area contributed by atoms with Gasteiger partial charge in [-0.1, -0.05) is 24.3 Å². The lowest BCUT2D eigenvalue weighted by molar-refractivity contribution is -0.136. The van der Waals surface area contributed by atoms with E-state index < -0.39 is 5.60 Å². The van der Waals surface area contributed by atoms with Crippen LogP contribution in [0.1, 0.15) is 46.0 Å². The molecule has 4 saturated carbocycles. The molecule has 0 spiro atoms. The molecule has 208 valence electrons. The molecule has 4 aliphatic carbocycles. The van der Waals surface area contributed by atoms with Crippen LogP contribution in [0.15, 0.2) is 60.9 Å². The number of urea groups is 1. The second-order valence-electron chi connectivity index (χ2n) is 12.4. The van der Waals surface area contributed by atoms with Gasteiger partial charge in [0, 0.05) is 37.1 Å². The number of aliphatic hydroxyl groups is 1. The molecule has 2 N–H and O–H groups in total. The van der Waals surface area contributed by atoms with Crippen LogP contribution in [0.5, 0.6) is 5.75 Å². The number of fused-ring (bicyclic) bond motifs is 1. The van der Waals surface area contributed by atoms with E-state index in [1.165, 1.54) is 0 Å². The van der Waals surface area contributed by atoms with Crippen molar-refractivity contribution in [2.75, 3.05) is 22.9 Å². The first-order valence-electron chi connectivity index (χ1n) is 14.6. The average molecular weight is 540 g/mol. The summed E-state index contributed by atoms with van der Waals surface area (Å²) in [6.07, 6.45) is 8.66. The summed E-state index contributed by atoms with van der Waals surface area (Å²) >= 11 is 0. The van der Waals surface area contributed by atoms with Crippen LogP contribution in [0.4, 0.5) is 22.1 Å². The van der Waals surface area contributed by atoms with Gasteiger partial charge in [-0.3, -0.25) is 4.90 Å². The molecule has 40 heavy (non-hydrogen) atoms. The summed E-state index contributed by atoms with van der Waals surface area (Å²) in [6.45, 7) is 5.17. The summed E-state index contributed by atoms with van der Waals surface area (Å²) in [4.78, 5) is 27.0. The molecule has 8 rings (SSSR count). The number of anilines is 3. The third kappa shape index (κ3) is 4.58. The van der Waals surface area contributed by atoms with Gasteiger partial charge in [0.15, 0.2) is 0 Å². The van der Waals surface area contributed by atoms with Gasteiger partial charge in [0.25, 0.3) is 0 Å². The van der Waals surface area contributed by atoms with Gasteiger partial charge < -0.3 is 20.1 Å². The van der Waals surface area contributed by atoms with Gasteiger partial charge in [-0.2, -0.15) is 0 Å². The molecule has 2 aromatic carbocycles. The maximum absolute atomic E-state index is 13.7. The molecule has 2 amide bonds. The first kappa shape index (κ1) is 25.3. The molecule has 0 saturated heterocycles. The molecule has 2 atom stereocenters. The van der Waals surface area contributed by atoms with Crippen molar-refractivity contribution in [3.05, 3.63) is 60.9 Å². The van der Waals surface area contributed by atoms with Crippen molar-refractivity contribution in [3.63, 3.8) is 0 Å². The second-order valence-corrected chi connectivity index (χ2v) is 12.4. The molecule has 4 bridgehead atoms. The minimum Gasteiger partial charge on any atom is -0.491 e. The third-order valence-electron chi connectivity index (χ3n) is 9.23. The Morgan fingerprint density at radius 2 is 1.62 bits per heavy atom. The summed E-state index contributed by atoms with van der Waals surface area (Å²) in [5.41, 5.74) is 3.25. The normalized spacial score (nSPS) is 28.5. The zero-order chi connectivity index (χ0) is 27.4. The van der Waals surface area contributed by atoms with Crippen molar-refractivity contribution in [1.29, 1.82) is 0 Å². The van der Waals surface area contributed by atoms with Gasteiger partial charge in [-0.15, -0.1) is 0 Å². The number of nitrogens with zero attached hydrogens (tertiary/aromatic N) is 4. The Morgan fingerprint density at radius 3 is 2.27 bits per heavy atom. The monoisotopic (exact) mass is 539 g/mol. The van der Waals surface area contributed by atoms with Crippen LogP contribution >= 0.6 is 0 Å². The molecule has 3 aromatic rings. The summed E-state index contributed by atoms with van der Waals surface area (Å²) in [7, 11) is 0. The fraction of sp³-hybridized carbons (Fsp3) is 0.469. The maximum Gasteiger partial charge on any atom is 0.322 e. The predicted molar refractivity (Wildman–Crippen MR) is 155 cm³/mol. The Morgan fingerprint density at radius 1 is 0.950 bits per heavy atom. The molecule has 4 fully saturated rings. The van der Waals surface area contributed by atoms with Crippen LogP contribution in [0, 0.1) is 17.8 Å². The van der Waals surface area contributed by atoms with E-state index in [1.807, 2.05) is 79.7 Å². The number of para-hydroxylation sites is 2. The van der Waals surface area contributed by atoms with Crippen molar-refractivity contribution in [3.8, 4) is 16.9 Å². The molecule has 1 aliphatic heterocycles. The molecular formula is C32H37N5O3. The van der Waals surface area contributed by atoms with Gasteiger partial charge in [0.1, 0.15) is 5.75 Å². The zero-order valence-corrected chi connectivity index (χ0v) is 23.2. The SMILES string of the molecule is CC(C)Oc1ccc(-c2cnc(N3CCN(C(=O)NC4C5CC6CC4CC(O)(C6)C5)c4ccccc43)nc2)cc1. The molecule has 8 heteroatoms. The number of carbonyl (C=O) groups excluding carboxylic acids is 1. The van der Waals surface area contributed by atoms with Crippen LogP contribution in [0.25, 0.3) is 11.1 Å². The highest BCUT2D eigenvalue weighted by Crippen LogP contribution is 2.55. The van der Waals surface area contributed by atoms with Crippen molar-refractivity contribution >= 4 is 23.4 Å². The van der Waals surface area contributed by atoms with E-state index in [9.17, 15) is 9.90 Å². The smallest absolute Gasteiger partial charge is 0.322 e. The maximum atomic E-state index is 13.7. The highest BCUT2D eigenvalue weighted by atomic mass is 16.5. The van der Waals surface area contributed by atoms with E-state index in [4.69, 9.17) is 14.7 Å². The van der Waals surface area contributed by atoms with Crippen LogP contribution in [0.2, 0.25) is 0 Å². The van der Waals surface area contributed by atoms with Crippen LogP contribution in [-0.4, -0.2) is 51.9 Å². The van der Waals surface area contributed by atoms with E-state index in [-0.39, 0.29) is 18.2 Å². The molecule has 2 heterocycles. The first-order valence-corrected chi connectivity index (χ1v) is 14.6. The number of rotatable bonds is 5. The Bertz CT molecular complexity index is 1380. The number of nitrogens with one attached hydrogen (secondary N) is 1. The number of aromatic nitrogens is 2. The minimum atomic E-state index is -0.503. The highest BCUT2D eigenvalue weighted by Gasteiger charge is 2.55.